The van der Waals surface area contributed by atoms with Gasteiger partial charge in [-0.1, -0.05) is 59.6 Å². The van der Waals surface area contributed by atoms with E-state index in [4.69, 9.17) is 33.9 Å². The zero-order valence-corrected chi connectivity index (χ0v) is 39.6. The lowest BCUT2D eigenvalue weighted by molar-refractivity contribution is -0.119. The molecular formula is C49H67N7O6S. The van der Waals surface area contributed by atoms with Crippen molar-refractivity contribution >= 4 is 35.1 Å². The van der Waals surface area contributed by atoms with Gasteiger partial charge in [-0.25, -0.2) is 4.31 Å². The summed E-state index contributed by atoms with van der Waals surface area (Å²) in [6, 6.07) is 21.0. The molecule has 1 saturated heterocycles. The molecule has 0 atom stereocenters. The summed E-state index contributed by atoms with van der Waals surface area (Å²) in [5.41, 5.74) is 12.0. The van der Waals surface area contributed by atoms with E-state index >= 15 is 0 Å². The van der Waals surface area contributed by atoms with Gasteiger partial charge in [0.05, 0.1) is 70.4 Å². The van der Waals surface area contributed by atoms with E-state index in [2.05, 4.69) is 89.8 Å². The highest BCUT2D eigenvalue weighted by molar-refractivity contribution is 7.97. The van der Waals surface area contributed by atoms with Gasteiger partial charge in [0.1, 0.15) is 17.3 Å². The van der Waals surface area contributed by atoms with Crippen LogP contribution in [0, 0.1) is 33.1 Å². The summed E-state index contributed by atoms with van der Waals surface area (Å²) in [5, 5.41) is 15.2. The SMILES string of the molecule is CC(=O)NCCOCCOCCOCCN1CCN(Sc2cc(-c3c(C)noc3C)ccc2C)CC1.CC/C(C)=C1\CN=C(c2ccc(C)cc2)c2cc(OC)ccc2N1C(C)=N. The Bertz CT molecular complexity index is 2160. The van der Waals surface area contributed by atoms with E-state index in [1.165, 1.54) is 28.5 Å². The van der Waals surface area contributed by atoms with E-state index in [-0.39, 0.29) is 5.91 Å². The molecule has 2 aliphatic rings. The number of amides is 1. The standard InChI is InChI=1S/C26H40N4O5S.C23H27N3O/c1-20-5-6-24(26-21(2)28-35-22(26)3)19-25(20)36-30-10-8-29(9-11-30)12-14-33-16-18-34-17-15-32-13-7-27-23(4)31;1-6-16(3)22-14-25-23(18-9-7-15(2)8-10-18)20-13-19(27-5)11-12-21(20)26(22)17(4)24/h5-6,19H,7-18H2,1-4H3,(H,27,31);7-13,24H,6,14H2,1-5H3/b;22-16+,24-17?. The molecule has 1 fully saturated rings. The Kier molecular flexibility index (Phi) is 19.4. The monoisotopic (exact) mass is 881 g/mol. The molecule has 0 radical (unpaired) electrons. The minimum atomic E-state index is -0.0429. The van der Waals surface area contributed by atoms with Gasteiger partial charge < -0.3 is 33.7 Å². The number of piperazine rings is 1. The number of nitrogens with zero attached hydrogens (tertiary/aromatic N) is 5. The second kappa shape index (κ2) is 24.9. The third-order valence-electron chi connectivity index (χ3n) is 11.0. The molecule has 2 N–H and O–H groups in total. The molecule has 1 aromatic heterocycles. The molecular weight excluding hydrogens is 815 g/mol. The van der Waals surface area contributed by atoms with Gasteiger partial charge in [0.25, 0.3) is 0 Å². The van der Waals surface area contributed by atoms with Crippen LogP contribution in [0.3, 0.4) is 0 Å². The average molecular weight is 882 g/mol. The van der Waals surface area contributed by atoms with Crippen LogP contribution in [0.25, 0.3) is 11.1 Å². The first-order chi connectivity index (χ1) is 30.4. The quantitative estimate of drug-likeness (QED) is 0.0431. The van der Waals surface area contributed by atoms with Gasteiger partial charge in [-0.3, -0.25) is 20.1 Å². The third-order valence-corrected chi connectivity index (χ3v) is 12.3. The molecule has 3 aromatic carbocycles. The first-order valence-electron chi connectivity index (χ1n) is 21.9. The van der Waals surface area contributed by atoms with E-state index in [9.17, 15) is 4.79 Å². The summed E-state index contributed by atoms with van der Waals surface area (Å²) >= 11 is 1.84. The number of fused-ring (bicyclic) bond motifs is 1. The fourth-order valence-corrected chi connectivity index (χ4v) is 8.34. The van der Waals surface area contributed by atoms with Crippen molar-refractivity contribution in [2.45, 2.75) is 66.7 Å². The number of carbonyl (C=O) groups excluding carboxylic acids is 1. The van der Waals surface area contributed by atoms with Crippen molar-refractivity contribution in [3.8, 4) is 16.9 Å². The summed E-state index contributed by atoms with van der Waals surface area (Å²) in [6.45, 7) is 25.3. The average Bonchev–Trinajstić information content (AvgIpc) is 3.51. The summed E-state index contributed by atoms with van der Waals surface area (Å²) in [4.78, 5) is 21.5. The van der Waals surface area contributed by atoms with Crippen LogP contribution < -0.4 is 15.0 Å². The van der Waals surface area contributed by atoms with Gasteiger partial charge >= 0.3 is 0 Å². The number of benzodiazepines with no additional fused rings is 1. The van der Waals surface area contributed by atoms with Gasteiger partial charge in [-0.15, -0.1) is 0 Å². The Labute approximate surface area is 378 Å². The Balaban J connectivity index is 0.000000247. The molecule has 340 valence electrons. The lowest BCUT2D eigenvalue weighted by Gasteiger charge is -2.34. The lowest BCUT2D eigenvalue weighted by Crippen LogP contribution is -2.44. The lowest BCUT2D eigenvalue weighted by atomic mass is 9.98. The van der Waals surface area contributed by atoms with Gasteiger partial charge in [-0.05, 0) is 95.3 Å². The second-order valence-electron chi connectivity index (χ2n) is 15.8. The molecule has 6 rings (SSSR count). The van der Waals surface area contributed by atoms with E-state index in [0.29, 0.717) is 58.6 Å². The maximum Gasteiger partial charge on any atom is 0.216 e. The smallest absolute Gasteiger partial charge is 0.216 e. The van der Waals surface area contributed by atoms with Crippen LogP contribution in [-0.2, 0) is 19.0 Å². The Hall–Kier alpha value is -4.83. The van der Waals surface area contributed by atoms with Gasteiger partial charge in [-0.2, -0.15) is 0 Å². The highest BCUT2D eigenvalue weighted by atomic mass is 32.2. The number of hydrogen-bond acceptors (Lipinski definition) is 12. The number of aryl methyl sites for hydroxylation is 4. The topological polar surface area (TPSA) is 138 Å². The van der Waals surface area contributed by atoms with Crippen molar-refractivity contribution in [1.29, 1.82) is 5.41 Å². The fourth-order valence-electron chi connectivity index (χ4n) is 7.32. The number of aliphatic imine (C=N–C) groups is 1. The Morgan fingerprint density at radius 3 is 2.13 bits per heavy atom. The van der Waals surface area contributed by atoms with E-state index in [1.807, 2.05) is 55.8 Å². The molecule has 0 saturated carbocycles. The minimum Gasteiger partial charge on any atom is -0.497 e. The first-order valence-corrected chi connectivity index (χ1v) is 22.7. The fraction of sp³-hybridized carbons (Fsp3) is 0.469. The number of methoxy groups -OCH3 is 1. The normalized spacial score (nSPS) is 15.2. The van der Waals surface area contributed by atoms with Gasteiger partial charge in [0, 0.05) is 73.5 Å². The number of amidine groups is 1. The molecule has 13 nitrogen and oxygen atoms in total. The van der Waals surface area contributed by atoms with Crippen LogP contribution in [0.15, 0.2) is 86.3 Å². The molecule has 14 heteroatoms. The van der Waals surface area contributed by atoms with E-state index in [0.717, 1.165) is 95.7 Å². The number of benzene rings is 3. The first kappa shape index (κ1) is 49.2. The summed E-state index contributed by atoms with van der Waals surface area (Å²) in [5.74, 6) is 2.10. The van der Waals surface area contributed by atoms with Crippen molar-refractivity contribution in [2.24, 2.45) is 4.99 Å². The third kappa shape index (κ3) is 14.3. The van der Waals surface area contributed by atoms with Gasteiger partial charge in [0.2, 0.25) is 5.91 Å². The number of hydrogen-bond donors (Lipinski definition) is 2. The van der Waals surface area contributed by atoms with Crippen molar-refractivity contribution in [3.05, 3.63) is 106 Å². The number of allylic oxidation sites excluding steroid dienone is 1. The number of nitrogens with one attached hydrogen (secondary N) is 2. The van der Waals surface area contributed by atoms with Crippen molar-refractivity contribution < 1.29 is 28.3 Å². The predicted molar refractivity (Wildman–Crippen MR) is 255 cm³/mol. The van der Waals surface area contributed by atoms with Gasteiger partial charge in [0.15, 0.2) is 0 Å². The zero-order valence-electron chi connectivity index (χ0n) is 38.8. The second-order valence-corrected chi connectivity index (χ2v) is 16.9. The van der Waals surface area contributed by atoms with E-state index in [1.54, 1.807) is 7.11 Å². The molecule has 4 aromatic rings. The zero-order chi connectivity index (χ0) is 45.3. The highest BCUT2D eigenvalue weighted by Crippen LogP contribution is 2.36. The van der Waals surface area contributed by atoms with Crippen LogP contribution in [0.1, 0.15) is 67.8 Å². The Morgan fingerprint density at radius 2 is 1.51 bits per heavy atom. The predicted octanol–water partition coefficient (Wildman–Crippen LogP) is 8.42. The minimum absolute atomic E-state index is 0.0429. The molecule has 3 heterocycles. The highest BCUT2D eigenvalue weighted by Gasteiger charge is 2.26. The van der Waals surface area contributed by atoms with Crippen molar-refractivity contribution in [3.63, 3.8) is 0 Å². The van der Waals surface area contributed by atoms with Crippen LogP contribution in [0.4, 0.5) is 5.69 Å². The summed E-state index contributed by atoms with van der Waals surface area (Å²) in [6.07, 6.45) is 0.931. The maximum atomic E-state index is 10.7. The number of aromatic nitrogens is 1. The number of carbonyl (C=O) groups is 1. The van der Waals surface area contributed by atoms with Crippen molar-refractivity contribution in [2.75, 3.05) is 97.5 Å². The molecule has 63 heavy (non-hydrogen) atoms. The number of anilines is 1. The largest absolute Gasteiger partial charge is 0.497 e. The Morgan fingerprint density at radius 1 is 0.841 bits per heavy atom. The molecule has 0 aliphatic carbocycles. The summed E-state index contributed by atoms with van der Waals surface area (Å²) < 4.78 is 29.9. The maximum absolute atomic E-state index is 10.7. The molecule has 0 bridgehead atoms. The van der Waals surface area contributed by atoms with Crippen LogP contribution in [0.2, 0.25) is 0 Å². The van der Waals surface area contributed by atoms with Crippen LogP contribution in [0.5, 0.6) is 5.75 Å². The molecule has 2 aliphatic heterocycles. The summed E-state index contributed by atoms with van der Waals surface area (Å²) in [7, 11) is 1.67. The number of ether oxygens (including phenoxy) is 4. The number of rotatable bonds is 18. The van der Waals surface area contributed by atoms with E-state index < -0.39 is 0 Å². The van der Waals surface area contributed by atoms with Crippen LogP contribution >= 0.6 is 11.9 Å². The molecule has 0 unspecified atom stereocenters. The molecule has 0 spiro atoms. The molecule has 1 amide bonds. The van der Waals surface area contributed by atoms with Crippen molar-refractivity contribution in [1.82, 2.24) is 19.7 Å². The van der Waals surface area contributed by atoms with Crippen LogP contribution in [-0.4, -0.2) is 124 Å².